The summed E-state index contributed by atoms with van der Waals surface area (Å²) in [4.78, 5) is 21.3. The first-order chi connectivity index (χ1) is 11.4. The molecular formula is C17H23N5O2. The molecular weight excluding hydrogens is 306 g/mol. The van der Waals surface area contributed by atoms with Crippen LogP contribution in [0.4, 0.5) is 0 Å². The van der Waals surface area contributed by atoms with E-state index < -0.39 is 0 Å². The second-order valence-corrected chi connectivity index (χ2v) is 6.60. The second kappa shape index (κ2) is 6.67. The maximum Gasteiger partial charge on any atom is 0.271 e. The van der Waals surface area contributed by atoms with Gasteiger partial charge in [0.15, 0.2) is 0 Å². The lowest BCUT2D eigenvalue weighted by molar-refractivity contribution is 0.0930. The number of amides is 1. The molecule has 1 saturated carbocycles. The minimum atomic E-state index is -0.137. The lowest BCUT2D eigenvalue weighted by Crippen LogP contribution is -2.34. The van der Waals surface area contributed by atoms with Crippen molar-refractivity contribution in [1.82, 2.24) is 25.5 Å². The molecule has 1 amide bonds. The van der Waals surface area contributed by atoms with Gasteiger partial charge in [0.2, 0.25) is 11.8 Å². The number of carbonyl (C=O) groups is 1. The SMILES string of the molecule is Cc1nnc(C[C@@H]2CC[C@H](NC(=O)c3nc(C)c(C)nc3C)C2)o1. The summed E-state index contributed by atoms with van der Waals surface area (Å²) in [5.41, 5.74) is 2.75. The van der Waals surface area contributed by atoms with Gasteiger partial charge in [-0.1, -0.05) is 0 Å². The topological polar surface area (TPSA) is 93.8 Å². The lowest BCUT2D eigenvalue weighted by atomic mass is 10.0. The normalized spacial score (nSPS) is 20.3. The van der Waals surface area contributed by atoms with Gasteiger partial charge in [0, 0.05) is 19.4 Å². The highest BCUT2D eigenvalue weighted by molar-refractivity contribution is 5.93. The molecule has 1 N–H and O–H groups in total. The van der Waals surface area contributed by atoms with Crippen LogP contribution in [0.1, 0.15) is 58.6 Å². The van der Waals surface area contributed by atoms with Crippen LogP contribution in [0.5, 0.6) is 0 Å². The summed E-state index contributed by atoms with van der Waals surface area (Å²) >= 11 is 0. The Morgan fingerprint density at radius 1 is 1.08 bits per heavy atom. The van der Waals surface area contributed by atoms with Gasteiger partial charge in [0.05, 0.1) is 17.1 Å². The zero-order valence-corrected chi connectivity index (χ0v) is 14.6. The first-order valence-electron chi connectivity index (χ1n) is 8.34. The number of hydrogen-bond donors (Lipinski definition) is 1. The molecule has 1 aliphatic carbocycles. The highest BCUT2D eigenvalue weighted by Crippen LogP contribution is 2.28. The minimum absolute atomic E-state index is 0.137. The van der Waals surface area contributed by atoms with E-state index in [9.17, 15) is 4.79 Å². The standard InChI is InChI=1S/C17H23N5O2/c1-9-10(2)19-16(11(3)18-9)17(23)20-14-6-5-13(7-14)8-15-22-21-12(4)24-15/h13-14H,5-8H2,1-4H3,(H,20,23)/t13-,14+/m1/s1. The van der Waals surface area contributed by atoms with Crippen molar-refractivity contribution in [2.75, 3.05) is 0 Å². The Kier molecular flexibility index (Phi) is 4.59. The van der Waals surface area contributed by atoms with Gasteiger partial charge < -0.3 is 9.73 Å². The molecule has 24 heavy (non-hydrogen) atoms. The molecule has 3 rings (SSSR count). The molecule has 128 valence electrons. The fourth-order valence-electron chi connectivity index (χ4n) is 3.24. The van der Waals surface area contributed by atoms with Gasteiger partial charge in [-0.25, -0.2) is 4.98 Å². The van der Waals surface area contributed by atoms with E-state index in [4.69, 9.17) is 4.42 Å². The molecule has 0 aromatic carbocycles. The predicted molar refractivity (Wildman–Crippen MR) is 87.6 cm³/mol. The predicted octanol–water partition coefficient (Wildman–Crippen LogP) is 2.23. The summed E-state index contributed by atoms with van der Waals surface area (Å²) < 4.78 is 5.44. The molecule has 0 spiro atoms. The number of aromatic nitrogens is 4. The molecule has 0 saturated heterocycles. The van der Waals surface area contributed by atoms with Crippen LogP contribution in [0.3, 0.4) is 0 Å². The first-order valence-corrected chi connectivity index (χ1v) is 8.34. The number of aryl methyl sites for hydroxylation is 4. The number of nitrogens with one attached hydrogen (secondary N) is 1. The Morgan fingerprint density at radius 2 is 1.83 bits per heavy atom. The molecule has 0 unspecified atom stereocenters. The molecule has 2 atom stereocenters. The number of rotatable bonds is 4. The third kappa shape index (κ3) is 3.60. The average molecular weight is 329 g/mol. The van der Waals surface area contributed by atoms with Gasteiger partial charge in [-0.2, -0.15) is 0 Å². The van der Waals surface area contributed by atoms with Crippen molar-refractivity contribution < 1.29 is 9.21 Å². The molecule has 2 aromatic heterocycles. The van der Waals surface area contributed by atoms with E-state index in [2.05, 4.69) is 25.5 Å². The Bertz CT molecular complexity index is 755. The molecule has 0 bridgehead atoms. The maximum absolute atomic E-state index is 12.5. The molecule has 2 heterocycles. The lowest BCUT2D eigenvalue weighted by Gasteiger charge is -2.14. The van der Waals surface area contributed by atoms with E-state index in [0.717, 1.165) is 37.1 Å². The number of hydrogen-bond acceptors (Lipinski definition) is 6. The molecule has 2 aromatic rings. The van der Waals surface area contributed by atoms with Crippen molar-refractivity contribution in [3.05, 3.63) is 34.6 Å². The summed E-state index contributed by atoms with van der Waals surface area (Å²) in [6.45, 7) is 7.39. The van der Waals surface area contributed by atoms with E-state index in [-0.39, 0.29) is 11.9 Å². The van der Waals surface area contributed by atoms with Crippen molar-refractivity contribution >= 4 is 5.91 Å². The third-order valence-electron chi connectivity index (χ3n) is 4.60. The second-order valence-electron chi connectivity index (χ2n) is 6.60. The van der Waals surface area contributed by atoms with E-state index >= 15 is 0 Å². The van der Waals surface area contributed by atoms with Gasteiger partial charge in [-0.3, -0.25) is 9.78 Å². The van der Waals surface area contributed by atoms with E-state index in [0.29, 0.717) is 29.1 Å². The highest BCUT2D eigenvalue weighted by Gasteiger charge is 2.28. The average Bonchev–Trinajstić information content (AvgIpc) is 3.12. The fourth-order valence-corrected chi connectivity index (χ4v) is 3.24. The zero-order chi connectivity index (χ0) is 17.3. The van der Waals surface area contributed by atoms with Crippen LogP contribution in [0, 0.1) is 33.6 Å². The van der Waals surface area contributed by atoms with Crippen LogP contribution in [0.2, 0.25) is 0 Å². The largest absolute Gasteiger partial charge is 0.426 e. The van der Waals surface area contributed by atoms with Gasteiger partial charge >= 0.3 is 0 Å². The van der Waals surface area contributed by atoms with Gasteiger partial charge in [-0.15, -0.1) is 10.2 Å². The molecule has 1 fully saturated rings. The Hall–Kier alpha value is -2.31. The fraction of sp³-hybridized carbons (Fsp3) is 0.588. The minimum Gasteiger partial charge on any atom is -0.426 e. The van der Waals surface area contributed by atoms with Crippen LogP contribution in [-0.4, -0.2) is 32.1 Å². The maximum atomic E-state index is 12.5. The zero-order valence-electron chi connectivity index (χ0n) is 14.6. The molecule has 1 aliphatic rings. The molecule has 0 aliphatic heterocycles. The van der Waals surface area contributed by atoms with Gasteiger partial charge in [0.25, 0.3) is 5.91 Å². The first kappa shape index (κ1) is 16.5. The highest BCUT2D eigenvalue weighted by atomic mass is 16.4. The van der Waals surface area contributed by atoms with E-state index in [1.807, 2.05) is 20.8 Å². The van der Waals surface area contributed by atoms with Crippen LogP contribution >= 0.6 is 0 Å². The summed E-state index contributed by atoms with van der Waals surface area (Å²) in [5, 5.41) is 11.0. The van der Waals surface area contributed by atoms with Crippen molar-refractivity contribution in [2.24, 2.45) is 5.92 Å². The smallest absolute Gasteiger partial charge is 0.271 e. The number of nitrogens with zero attached hydrogens (tertiary/aromatic N) is 4. The van der Waals surface area contributed by atoms with Crippen LogP contribution in [-0.2, 0) is 6.42 Å². The van der Waals surface area contributed by atoms with Crippen LogP contribution in [0.25, 0.3) is 0 Å². The van der Waals surface area contributed by atoms with Gasteiger partial charge in [0.1, 0.15) is 5.69 Å². The molecule has 7 nitrogen and oxygen atoms in total. The van der Waals surface area contributed by atoms with E-state index in [1.165, 1.54) is 0 Å². The molecule has 0 radical (unpaired) electrons. The summed E-state index contributed by atoms with van der Waals surface area (Å²) in [7, 11) is 0. The molecule has 7 heteroatoms. The Balaban J connectivity index is 1.59. The van der Waals surface area contributed by atoms with Gasteiger partial charge in [-0.05, 0) is 46.0 Å². The summed E-state index contributed by atoms with van der Waals surface area (Å²) in [5.74, 6) is 1.60. The third-order valence-corrected chi connectivity index (χ3v) is 4.60. The van der Waals surface area contributed by atoms with Crippen molar-refractivity contribution in [3.63, 3.8) is 0 Å². The summed E-state index contributed by atoms with van der Waals surface area (Å²) in [6, 6.07) is 0.161. The van der Waals surface area contributed by atoms with Crippen molar-refractivity contribution in [3.8, 4) is 0 Å². The van der Waals surface area contributed by atoms with Crippen molar-refractivity contribution in [1.29, 1.82) is 0 Å². The van der Waals surface area contributed by atoms with E-state index in [1.54, 1.807) is 6.92 Å². The van der Waals surface area contributed by atoms with Crippen LogP contribution < -0.4 is 5.32 Å². The van der Waals surface area contributed by atoms with Crippen LogP contribution in [0.15, 0.2) is 4.42 Å². The Morgan fingerprint density at radius 3 is 2.54 bits per heavy atom. The Labute approximate surface area is 141 Å². The summed E-state index contributed by atoms with van der Waals surface area (Å²) in [6.07, 6.45) is 3.70. The quantitative estimate of drug-likeness (QED) is 0.924. The monoisotopic (exact) mass is 329 g/mol. The number of carbonyl (C=O) groups excluding carboxylic acids is 1. The van der Waals surface area contributed by atoms with Crippen molar-refractivity contribution in [2.45, 2.75) is 59.4 Å².